The monoisotopic (exact) mass is 442 g/mol. The van der Waals surface area contributed by atoms with E-state index in [1.807, 2.05) is 48.5 Å². The van der Waals surface area contributed by atoms with Crippen molar-refractivity contribution in [3.63, 3.8) is 0 Å². The van der Waals surface area contributed by atoms with Crippen LogP contribution in [-0.4, -0.2) is 22.6 Å². The lowest BCUT2D eigenvalue weighted by atomic mass is 9.99. The number of benzene rings is 3. The van der Waals surface area contributed by atoms with E-state index in [9.17, 15) is 9.18 Å². The van der Waals surface area contributed by atoms with Crippen molar-refractivity contribution in [1.82, 2.24) is 10.2 Å². The number of nitrogens with zero attached hydrogens (tertiary/aromatic N) is 3. The van der Waals surface area contributed by atoms with Crippen molar-refractivity contribution in [2.75, 3.05) is 16.8 Å². The van der Waals surface area contributed by atoms with Crippen LogP contribution in [-0.2, 0) is 19.4 Å². The summed E-state index contributed by atoms with van der Waals surface area (Å²) in [4.78, 5) is 14.9. The van der Waals surface area contributed by atoms with Gasteiger partial charge in [-0.2, -0.15) is 0 Å². The molecule has 1 N–H and O–H groups in total. The molecule has 0 radical (unpaired) electrons. The quantitative estimate of drug-likeness (QED) is 0.455. The highest BCUT2D eigenvalue weighted by Crippen LogP contribution is 2.34. The first-order chi connectivity index (χ1) is 16.2. The number of rotatable bonds is 6. The molecule has 0 saturated heterocycles. The first-order valence-electron chi connectivity index (χ1n) is 10.9. The number of anilines is 2. The molecule has 7 heteroatoms. The third-order valence-electron chi connectivity index (χ3n) is 5.73. The van der Waals surface area contributed by atoms with Crippen molar-refractivity contribution in [3.8, 4) is 0 Å². The van der Waals surface area contributed by atoms with Gasteiger partial charge in [-0.15, -0.1) is 10.2 Å². The summed E-state index contributed by atoms with van der Waals surface area (Å²) >= 11 is 0. The summed E-state index contributed by atoms with van der Waals surface area (Å²) in [5.74, 6) is 0.526. The molecule has 4 aromatic rings. The maximum absolute atomic E-state index is 13.2. The van der Waals surface area contributed by atoms with E-state index >= 15 is 0 Å². The molecule has 1 aromatic heterocycles. The second kappa shape index (κ2) is 9.24. The van der Waals surface area contributed by atoms with E-state index in [2.05, 4.69) is 20.4 Å². The Hall–Kier alpha value is -4.00. The van der Waals surface area contributed by atoms with Gasteiger partial charge in [0.25, 0.3) is 5.91 Å². The molecule has 166 valence electrons. The standard InChI is InChI=1S/C26H23FN4O2/c27-20-13-11-19(12-14-20)26(32)28-22-9-4-10-23-21(22)8-5-15-31(23)17-25-30-29-24(33-25)16-18-6-2-1-3-7-18/h1-4,6-7,9-14H,5,8,15-17H2,(H,28,32). The van der Waals surface area contributed by atoms with Gasteiger partial charge in [-0.1, -0.05) is 36.4 Å². The third-order valence-corrected chi connectivity index (χ3v) is 5.73. The summed E-state index contributed by atoms with van der Waals surface area (Å²) in [6, 6.07) is 21.4. The van der Waals surface area contributed by atoms with Gasteiger partial charge in [-0.3, -0.25) is 4.79 Å². The van der Waals surface area contributed by atoms with E-state index in [-0.39, 0.29) is 11.7 Å². The van der Waals surface area contributed by atoms with Crippen LogP contribution in [0.3, 0.4) is 0 Å². The molecule has 0 unspecified atom stereocenters. The van der Waals surface area contributed by atoms with E-state index in [1.54, 1.807) is 0 Å². The Labute approximate surface area is 191 Å². The summed E-state index contributed by atoms with van der Waals surface area (Å²) in [7, 11) is 0. The second-order valence-corrected chi connectivity index (χ2v) is 8.04. The lowest BCUT2D eigenvalue weighted by Crippen LogP contribution is -2.29. The van der Waals surface area contributed by atoms with Gasteiger partial charge < -0.3 is 14.6 Å². The summed E-state index contributed by atoms with van der Waals surface area (Å²) < 4.78 is 19.1. The van der Waals surface area contributed by atoms with Gasteiger partial charge in [0.05, 0.1) is 13.0 Å². The molecule has 5 rings (SSSR count). The fraction of sp³-hybridized carbons (Fsp3) is 0.192. The Morgan fingerprint density at radius 2 is 1.76 bits per heavy atom. The molecular weight excluding hydrogens is 419 g/mol. The number of fused-ring (bicyclic) bond motifs is 1. The van der Waals surface area contributed by atoms with E-state index < -0.39 is 0 Å². The minimum absolute atomic E-state index is 0.261. The predicted molar refractivity (Wildman–Crippen MR) is 124 cm³/mol. The van der Waals surface area contributed by atoms with Crippen LogP contribution in [0.4, 0.5) is 15.8 Å². The van der Waals surface area contributed by atoms with Gasteiger partial charge in [0.2, 0.25) is 11.8 Å². The van der Waals surface area contributed by atoms with Crippen LogP contribution >= 0.6 is 0 Å². The Kier molecular flexibility index (Phi) is 5.85. The number of aromatic nitrogens is 2. The number of halogens is 1. The van der Waals surface area contributed by atoms with Crippen LogP contribution in [0.5, 0.6) is 0 Å². The van der Waals surface area contributed by atoms with Crippen LogP contribution < -0.4 is 10.2 Å². The smallest absolute Gasteiger partial charge is 0.255 e. The van der Waals surface area contributed by atoms with Gasteiger partial charge in [0.1, 0.15) is 5.82 Å². The van der Waals surface area contributed by atoms with Gasteiger partial charge in [0.15, 0.2) is 0 Å². The first-order valence-corrected chi connectivity index (χ1v) is 10.9. The highest BCUT2D eigenvalue weighted by Gasteiger charge is 2.22. The number of amides is 1. The number of carbonyl (C=O) groups excluding carboxylic acids is 1. The SMILES string of the molecule is O=C(Nc1cccc2c1CCCN2Cc1nnc(Cc2ccccc2)o1)c1ccc(F)cc1. The number of hydrogen-bond donors (Lipinski definition) is 1. The topological polar surface area (TPSA) is 71.3 Å². The molecule has 1 amide bonds. The van der Waals surface area contributed by atoms with Gasteiger partial charge in [-0.05, 0) is 60.4 Å². The molecule has 0 bridgehead atoms. The summed E-state index contributed by atoms with van der Waals surface area (Å²) in [5, 5.41) is 11.4. The van der Waals surface area contributed by atoms with Crippen molar-refractivity contribution in [1.29, 1.82) is 0 Å². The van der Waals surface area contributed by atoms with Gasteiger partial charge in [0, 0.05) is 23.5 Å². The van der Waals surface area contributed by atoms with Crippen LogP contribution in [0, 0.1) is 5.82 Å². The largest absolute Gasteiger partial charge is 0.423 e. The molecule has 0 atom stereocenters. The van der Waals surface area contributed by atoms with Gasteiger partial charge >= 0.3 is 0 Å². The zero-order valence-corrected chi connectivity index (χ0v) is 18.0. The number of nitrogens with one attached hydrogen (secondary N) is 1. The Morgan fingerprint density at radius 1 is 0.970 bits per heavy atom. The number of hydrogen-bond acceptors (Lipinski definition) is 5. The molecule has 6 nitrogen and oxygen atoms in total. The summed E-state index contributed by atoms with van der Waals surface area (Å²) in [6.45, 7) is 1.36. The van der Waals surface area contributed by atoms with Crippen molar-refractivity contribution in [2.45, 2.75) is 25.8 Å². The molecule has 0 fully saturated rings. The maximum Gasteiger partial charge on any atom is 0.255 e. The zero-order valence-electron chi connectivity index (χ0n) is 18.0. The third kappa shape index (κ3) is 4.77. The average Bonchev–Trinajstić information content (AvgIpc) is 3.27. The van der Waals surface area contributed by atoms with Crippen molar-refractivity contribution in [3.05, 3.63) is 107 Å². The average molecular weight is 442 g/mol. The predicted octanol–water partition coefficient (Wildman–Crippen LogP) is 5.00. The van der Waals surface area contributed by atoms with E-state index in [0.29, 0.717) is 30.3 Å². The molecule has 0 aliphatic carbocycles. The van der Waals surface area contributed by atoms with E-state index in [1.165, 1.54) is 24.3 Å². The Morgan fingerprint density at radius 3 is 2.58 bits per heavy atom. The van der Waals surface area contributed by atoms with Crippen molar-refractivity contribution < 1.29 is 13.6 Å². The summed E-state index contributed by atoms with van der Waals surface area (Å²) in [5.41, 5.74) is 4.42. The molecule has 1 aliphatic rings. The molecular formula is C26H23FN4O2. The van der Waals surface area contributed by atoms with Crippen molar-refractivity contribution in [2.24, 2.45) is 0 Å². The van der Waals surface area contributed by atoms with Crippen LogP contribution in [0.1, 0.15) is 39.7 Å². The minimum atomic E-state index is -0.368. The van der Waals surface area contributed by atoms with Crippen LogP contribution in [0.15, 0.2) is 77.2 Å². The van der Waals surface area contributed by atoms with Crippen LogP contribution in [0.25, 0.3) is 0 Å². The molecule has 3 aromatic carbocycles. The normalized spacial score (nSPS) is 12.9. The lowest BCUT2D eigenvalue weighted by Gasteiger charge is -2.31. The maximum atomic E-state index is 13.2. The fourth-order valence-corrected chi connectivity index (χ4v) is 4.14. The van der Waals surface area contributed by atoms with E-state index in [0.717, 1.165) is 41.9 Å². The van der Waals surface area contributed by atoms with Crippen LogP contribution in [0.2, 0.25) is 0 Å². The minimum Gasteiger partial charge on any atom is -0.423 e. The Bertz CT molecular complexity index is 1260. The molecule has 0 saturated carbocycles. The fourth-order valence-electron chi connectivity index (χ4n) is 4.14. The molecule has 2 heterocycles. The molecule has 0 spiro atoms. The van der Waals surface area contributed by atoms with E-state index in [4.69, 9.17) is 4.42 Å². The Balaban J connectivity index is 1.31. The molecule has 1 aliphatic heterocycles. The van der Waals surface area contributed by atoms with Crippen molar-refractivity contribution >= 4 is 17.3 Å². The second-order valence-electron chi connectivity index (χ2n) is 8.04. The zero-order chi connectivity index (χ0) is 22.6. The number of carbonyl (C=O) groups is 1. The molecule has 33 heavy (non-hydrogen) atoms. The lowest BCUT2D eigenvalue weighted by molar-refractivity contribution is 0.102. The highest BCUT2D eigenvalue weighted by molar-refractivity contribution is 6.05. The van der Waals surface area contributed by atoms with Gasteiger partial charge in [-0.25, -0.2) is 4.39 Å². The highest BCUT2D eigenvalue weighted by atomic mass is 19.1. The first kappa shape index (κ1) is 20.9. The summed E-state index contributed by atoms with van der Waals surface area (Å²) in [6.07, 6.45) is 2.40.